The second-order valence-corrected chi connectivity index (χ2v) is 3.66. The number of nitrogens with two attached hydrogens (primary N) is 2. The molecule has 1 aromatic heterocycles. The summed E-state index contributed by atoms with van der Waals surface area (Å²) in [6.07, 6.45) is 0. The van der Waals surface area contributed by atoms with Gasteiger partial charge in [-0.3, -0.25) is 19.9 Å². The average Bonchev–Trinajstić information content (AvgIpc) is 2.37. The molecule has 0 atom stereocenters. The van der Waals surface area contributed by atoms with Crippen LogP contribution in [0.4, 0.5) is 17.5 Å². The van der Waals surface area contributed by atoms with Gasteiger partial charge in [-0.2, -0.15) is 4.98 Å². The third-order valence-electron chi connectivity index (χ3n) is 2.10. The molecule has 0 fully saturated rings. The van der Waals surface area contributed by atoms with Crippen molar-refractivity contribution in [3.05, 3.63) is 56.4 Å². The van der Waals surface area contributed by atoms with E-state index in [1.165, 1.54) is 12.1 Å². The second-order valence-electron chi connectivity index (χ2n) is 3.66. The van der Waals surface area contributed by atoms with Crippen LogP contribution in [0.5, 0.6) is 0 Å². The molecule has 0 aliphatic heterocycles. The molecule has 0 amide bonds. The highest BCUT2D eigenvalue weighted by Gasteiger charge is 2.06. The molecule has 0 saturated heterocycles. The van der Waals surface area contributed by atoms with E-state index in [4.69, 9.17) is 16.6 Å². The van der Waals surface area contributed by atoms with E-state index in [0.717, 1.165) is 18.2 Å². The Morgan fingerprint density at radius 2 is 1.86 bits per heavy atom. The molecular weight excluding hydrogens is 282 g/mol. The Morgan fingerprint density at radius 1 is 1.29 bits per heavy atom. The molecule has 10 heteroatoms. The fraction of sp³-hybridized carbons (Fsp3) is 0. The molecule has 110 valence electrons. The van der Waals surface area contributed by atoms with Gasteiger partial charge in [0, 0.05) is 18.2 Å². The second kappa shape index (κ2) is 6.65. The Kier molecular flexibility index (Phi) is 4.95. The van der Waals surface area contributed by atoms with Crippen molar-refractivity contribution < 1.29 is 14.8 Å². The summed E-state index contributed by atoms with van der Waals surface area (Å²) in [5, 5.41) is 18.6. The van der Waals surface area contributed by atoms with Gasteiger partial charge in [0.1, 0.15) is 5.82 Å². The monoisotopic (exact) mass is 293 g/mol. The van der Waals surface area contributed by atoms with Crippen LogP contribution in [0.2, 0.25) is 0 Å². The van der Waals surface area contributed by atoms with Crippen molar-refractivity contribution in [1.82, 2.24) is 9.97 Å². The van der Waals surface area contributed by atoms with Gasteiger partial charge in [-0.25, -0.2) is 4.79 Å². The minimum Gasteiger partial charge on any atom is -0.478 e. The maximum absolute atomic E-state index is 10.5. The fourth-order valence-corrected chi connectivity index (χ4v) is 1.22. The molecule has 1 heterocycles. The van der Waals surface area contributed by atoms with Gasteiger partial charge in [0.05, 0.1) is 10.5 Å². The van der Waals surface area contributed by atoms with E-state index in [9.17, 15) is 19.7 Å². The van der Waals surface area contributed by atoms with Crippen molar-refractivity contribution in [3.63, 3.8) is 0 Å². The van der Waals surface area contributed by atoms with Gasteiger partial charge in [-0.15, -0.1) is 0 Å². The number of rotatable bonds is 2. The van der Waals surface area contributed by atoms with Gasteiger partial charge in [0.25, 0.3) is 11.2 Å². The molecule has 6 N–H and O–H groups in total. The number of H-pyrrole nitrogens is 1. The fourth-order valence-electron chi connectivity index (χ4n) is 1.22. The van der Waals surface area contributed by atoms with Crippen LogP contribution in [-0.4, -0.2) is 26.0 Å². The summed E-state index contributed by atoms with van der Waals surface area (Å²) in [6.45, 7) is 0. The van der Waals surface area contributed by atoms with E-state index >= 15 is 0 Å². The third kappa shape index (κ3) is 4.98. The number of aromatic amines is 1. The predicted octanol–water partition coefficient (Wildman–Crippen LogP) is 0.227. The number of aromatic nitrogens is 2. The average molecular weight is 293 g/mol. The van der Waals surface area contributed by atoms with E-state index in [1.54, 1.807) is 0 Å². The molecule has 0 radical (unpaired) electrons. The van der Waals surface area contributed by atoms with Crippen LogP contribution >= 0.6 is 0 Å². The molecule has 0 aliphatic carbocycles. The maximum Gasteiger partial charge on any atom is 0.335 e. The molecular formula is C11H11N5O5. The van der Waals surface area contributed by atoms with E-state index < -0.39 is 10.9 Å². The summed E-state index contributed by atoms with van der Waals surface area (Å²) >= 11 is 0. The molecule has 10 nitrogen and oxygen atoms in total. The minimum absolute atomic E-state index is 0.0417. The van der Waals surface area contributed by atoms with Crippen LogP contribution in [0.25, 0.3) is 0 Å². The SMILES string of the molecule is Nc1cc(=O)[nH]c(N)n1.O=C(O)c1ccc([N+](=O)[O-])cc1. The Balaban J connectivity index is 0.000000219. The molecule has 2 rings (SSSR count). The largest absolute Gasteiger partial charge is 0.478 e. The van der Waals surface area contributed by atoms with Gasteiger partial charge >= 0.3 is 5.97 Å². The number of non-ortho nitro benzene ring substituents is 1. The van der Waals surface area contributed by atoms with Crippen LogP contribution in [-0.2, 0) is 0 Å². The van der Waals surface area contributed by atoms with Crippen LogP contribution in [0.1, 0.15) is 10.4 Å². The first-order valence-electron chi connectivity index (χ1n) is 5.39. The van der Waals surface area contributed by atoms with Gasteiger partial charge in [0.15, 0.2) is 0 Å². The zero-order chi connectivity index (χ0) is 16.0. The Labute approximate surface area is 117 Å². The van der Waals surface area contributed by atoms with E-state index in [2.05, 4.69) is 9.97 Å². The van der Waals surface area contributed by atoms with Crippen molar-refractivity contribution in [3.8, 4) is 0 Å². The Morgan fingerprint density at radius 3 is 2.24 bits per heavy atom. The summed E-state index contributed by atoms with van der Waals surface area (Å²) in [7, 11) is 0. The van der Waals surface area contributed by atoms with Crippen molar-refractivity contribution in [2.24, 2.45) is 0 Å². The maximum atomic E-state index is 10.5. The van der Waals surface area contributed by atoms with Crippen LogP contribution in [0, 0.1) is 10.1 Å². The molecule has 0 spiro atoms. The van der Waals surface area contributed by atoms with Gasteiger partial charge in [-0.1, -0.05) is 0 Å². The summed E-state index contributed by atoms with van der Waals surface area (Å²) in [6, 6.07) is 5.87. The van der Waals surface area contributed by atoms with Crippen LogP contribution in [0.3, 0.4) is 0 Å². The number of nitro benzene ring substituents is 1. The quantitative estimate of drug-likeness (QED) is 0.448. The first-order valence-corrected chi connectivity index (χ1v) is 5.39. The summed E-state index contributed by atoms with van der Waals surface area (Å²) in [5.74, 6) is -0.916. The van der Waals surface area contributed by atoms with E-state index in [0.29, 0.717) is 0 Å². The molecule has 0 saturated carbocycles. The molecule has 2 aromatic rings. The summed E-state index contributed by atoms with van der Waals surface area (Å²) in [4.78, 5) is 36.1. The van der Waals surface area contributed by atoms with E-state index in [1.807, 2.05) is 0 Å². The number of nitrogen functional groups attached to an aromatic ring is 2. The Bertz CT molecular complexity index is 653. The molecule has 0 bridgehead atoms. The van der Waals surface area contributed by atoms with Crippen molar-refractivity contribution in [2.75, 3.05) is 11.5 Å². The number of benzene rings is 1. The van der Waals surface area contributed by atoms with Crippen molar-refractivity contribution >= 4 is 23.4 Å². The van der Waals surface area contributed by atoms with Crippen LogP contribution < -0.4 is 17.0 Å². The van der Waals surface area contributed by atoms with Gasteiger partial charge in [-0.05, 0) is 12.1 Å². The normalized spacial score (nSPS) is 9.33. The number of hydrogen-bond acceptors (Lipinski definition) is 7. The number of aromatic carboxylic acids is 1. The van der Waals surface area contributed by atoms with E-state index in [-0.39, 0.29) is 28.6 Å². The molecule has 0 aliphatic rings. The number of anilines is 2. The lowest BCUT2D eigenvalue weighted by atomic mass is 10.2. The lowest BCUT2D eigenvalue weighted by molar-refractivity contribution is -0.384. The van der Waals surface area contributed by atoms with Crippen LogP contribution in [0.15, 0.2) is 35.1 Å². The standard InChI is InChI=1S/C7H5NO4.C4H6N4O/c9-7(10)5-1-3-6(4-2-5)8(11)12;5-2-1-3(9)8-4(6)7-2/h1-4H,(H,9,10);1H,(H5,5,6,7,8,9). The number of carbonyl (C=O) groups is 1. The number of carboxylic acids is 1. The Hall–Kier alpha value is -3.43. The highest BCUT2D eigenvalue weighted by Crippen LogP contribution is 2.11. The topological polar surface area (TPSA) is 178 Å². The molecule has 1 aromatic carbocycles. The first-order chi connectivity index (χ1) is 9.79. The number of hydrogen-bond donors (Lipinski definition) is 4. The lowest BCUT2D eigenvalue weighted by Crippen LogP contribution is -2.11. The minimum atomic E-state index is -1.09. The number of nitrogens with one attached hydrogen (secondary N) is 1. The van der Waals surface area contributed by atoms with Crippen molar-refractivity contribution in [1.29, 1.82) is 0 Å². The highest BCUT2D eigenvalue weighted by atomic mass is 16.6. The number of nitrogens with zero attached hydrogens (tertiary/aromatic N) is 2. The highest BCUT2D eigenvalue weighted by molar-refractivity contribution is 5.87. The number of nitro groups is 1. The smallest absolute Gasteiger partial charge is 0.335 e. The number of carboxylic acid groups (broad SMARTS) is 1. The van der Waals surface area contributed by atoms with Crippen molar-refractivity contribution in [2.45, 2.75) is 0 Å². The zero-order valence-electron chi connectivity index (χ0n) is 10.5. The first kappa shape index (κ1) is 15.6. The lowest BCUT2D eigenvalue weighted by Gasteiger charge is -1.92. The van der Waals surface area contributed by atoms with Gasteiger partial charge in [0.2, 0.25) is 5.95 Å². The zero-order valence-corrected chi connectivity index (χ0v) is 10.5. The predicted molar refractivity (Wildman–Crippen MR) is 73.7 cm³/mol. The third-order valence-corrected chi connectivity index (χ3v) is 2.10. The van der Waals surface area contributed by atoms with Gasteiger partial charge < -0.3 is 16.6 Å². The summed E-state index contributed by atoms with van der Waals surface area (Å²) < 4.78 is 0. The molecule has 21 heavy (non-hydrogen) atoms. The summed E-state index contributed by atoms with van der Waals surface area (Å²) in [5.41, 5.74) is 9.86. The molecule has 0 unspecified atom stereocenters.